The Bertz CT molecular complexity index is 5070. The molecule has 14 rings (SSSR count). The fourth-order valence-corrected chi connectivity index (χ4v) is 19.6. The lowest BCUT2D eigenvalue weighted by molar-refractivity contribution is 0.893. The van der Waals surface area contributed by atoms with Crippen LogP contribution in [0.3, 0.4) is 0 Å². The number of nitrogens with zero attached hydrogens (tertiary/aromatic N) is 5. The van der Waals surface area contributed by atoms with E-state index in [9.17, 15) is 17.8 Å². The van der Waals surface area contributed by atoms with Gasteiger partial charge in [-0.25, -0.2) is 0 Å². The molecule has 7 heteroatoms. The normalized spacial score (nSPS) is 15.1. The fourth-order valence-electron chi connectivity index (χ4n) is 11.0. The summed E-state index contributed by atoms with van der Waals surface area (Å²) < 4.78 is 170. The number of fused-ring (bicyclic) bond motifs is 6. The molecule has 0 saturated heterocycles. The van der Waals surface area contributed by atoms with E-state index < -0.39 is 124 Å². The van der Waals surface area contributed by atoms with Gasteiger partial charge in [-0.2, -0.15) is 15.0 Å². The van der Waals surface area contributed by atoms with Crippen molar-refractivity contribution < 1.29 is 23.3 Å². The number of rotatable bonds is 11. The van der Waals surface area contributed by atoms with Crippen molar-refractivity contribution in [2.24, 2.45) is 0 Å². The Morgan fingerprint density at radius 1 is 0.276 bits per heavy atom. The van der Waals surface area contributed by atoms with E-state index in [1.54, 1.807) is 150 Å². The molecule has 76 heavy (non-hydrogen) atoms. The first-order valence-electron chi connectivity index (χ1n) is 33.1. The average Bonchev–Trinajstić information content (AvgIpc) is 1.66. The molecule has 0 aliphatic rings. The second kappa shape index (κ2) is 18.7. The molecule has 0 bridgehead atoms. The number of para-hydroxylation sites is 4. The first-order chi connectivity index (χ1) is 44.8. The average molecular weight is 1020 g/mol. The predicted molar refractivity (Wildman–Crippen MR) is 321 cm³/mol. The first kappa shape index (κ1) is 30.6. The first-order valence-corrected chi connectivity index (χ1v) is 28.6. The van der Waals surface area contributed by atoms with Crippen LogP contribution in [0, 0.1) is 0 Å². The third kappa shape index (κ3) is 7.16. The fraction of sp³-hybridized carbons (Fsp3) is 0. The molecular formula is C69H49N5Si2. The molecule has 0 fully saturated rings. The van der Waals surface area contributed by atoms with Gasteiger partial charge >= 0.3 is 0 Å². The Morgan fingerprint density at radius 3 is 1.04 bits per heavy atom. The van der Waals surface area contributed by atoms with Crippen molar-refractivity contribution in [3.63, 3.8) is 0 Å². The van der Waals surface area contributed by atoms with E-state index in [4.69, 9.17) is 20.4 Å². The Kier molecular flexibility index (Phi) is 7.55. The van der Waals surface area contributed by atoms with Crippen molar-refractivity contribution >= 4 is 101 Å². The molecule has 3 aromatic heterocycles. The lowest BCUT2D eigenvalue weighted by Crippen LogP contribution is -2.78. The second-order valence-corrected chi connectivity index (χ2v) is 25.5. The van der Waals surface area contributed by atoms with Gasteiger partial charge in [-0.05, 0) is 65.7 Å². The minimum Gasteiger partial charge on any atom is -0.278 e. The monoisotopic (exact) mass is 1020 g/mol. The zero-order valence-corrected chi connectivity index (χ0v) is 42.2. The highest BCUT2D eigenvalue weighted by atomic mass is 28.3. The molecule has 0 N–H and O–H groups in total. The summed E-state index contributed by atoms with van der Waals surface area (Å²) in [5.41, 5.74) is 1.12. The zero-order chi connectivity index (χ0) is 65.3. The van der Waals surface area contributed by atoms with Crippen molar-refractivity contribution in [3.05, 3.63) is 297 Å². The molecule has 5 nitrogen and oxygen atoms in total. The van der Waals surface area contributed by atoms with Crippen LogP contribution in [0.15, 0.2) is 297 Å². The molecule has 0 aliphatic carbocycles. The van der Waals surface area contributed by atoms with Crippen molar-refractivity contribution in [2.45, 2.75) is 0 Å². The summed E-state index contributed by atoms with van der Waals surface area (Å²) in [6.07, 6.45) is 0. The predicted octanol–water partition coefficient (Wildman–Crippen LogP) is 10.5. The van der Waals surface area contributed by atoms with Crippen LogP contribution >= 0.6 is 0 Å². The smallest absolute Gasteiger partial charge is 0.240 e. The van der Waals surface area contributed by atoms with Crippen LogP contribution in [-0.4, -0.2) is 40.2 Å². The topological polar surface area (TPSA) is 48.5 Å². The van der Waals surface area contributed by atoms with Gasteiger partial charge in [-0.15, -0.1) is 0 Å². The molecule has 14 aromatic rings. The highest BCUT2D eigenvalue weighted by Gasteiger charge is 2.46. The van der Waals surface area contributed by atoms with Crippen molar-refractivity contribution in [1.29, 1.82) is 0 Å². The zero-order valence-electron chi connectivity index (χ0n) is 57.2. The van der Waals surface area contributed by atoms with E-state index in [2.05, 4.69) is 0 Å². The lowest BCUT2D eigenvalue weighted by atomic mass is 10.2. The van der Waals surface area contributed by atoms with E-state index >= 15 is 0 Å². The third-order valence-electron chi connectivity index (χ3n) is 14.2. The summed E-state index contributed by atoms with van der Waals surface area (Å²) in [7, 11) is -10.0. The summed E-state index contributed by atoms with van der Waals surface area (Å²) in [5.74, 6) is -0.752. The van der Waals surface area contributed by atoms with Crippen molar-refractivity contribution in [3.8, 4) is 23.3 Å². The Labute approximate surface area is 467 Å². The Hall–Kier alpha value is -9.54. The maximum atomic E-state index is 11.5. The number of benzene rings is 11. The van der Waals surface area contributed by atoms with Gasteiger partial charge in [0.25, 0.3) is 0 Å². The van der Waals surface area contributed by atoms with Gasteiger partial charge in [-0.1, -0.05) is 273 Å². The van der Waals surface area contributed by atoms with E-state index in [1.165, 1.54) is 4.57 Å². The van der Waals surface area contributed by atoms with Crippen LogP contribution in [0.2, 0.25) is 0 Å². The molecular weight excluding hydrogens is 955 g/mol. The van der Waals surface area contributed by atoms with E-state index in [0.717, 1.165) is 10.8 Å². The largest absolute Gasteiger partial charge is 0.278 e. The van der Waals surface area contributed by atoms with E-state index in [1.807, 2.05) is 48.5 Å². The molecule has 0 saturated carbocycles. The summed E-state index contributed by atoms with van der Waals surface area (Å²) >= 11 is 0. The van der Waals surface area contributed by atoms with Crippen LogP contribution < -0.4 is 41.5 Å². The van der Waals surface area contributed by atoms with Crippen LogP contribution in [0.1, 0.15) is 23.3 Å². The van der Waals surface area contributed by atoms with Gasteiger partial charge < -0.3 is 0 Å². The molecule has 0 spiro atoms. The van der Waals surface area contributed by atoms with Crippen LogP contribution in [0.5, 0.6) is 0 Å². The number of hydrogen-bond donors (Lipinski definition) is 0. The van der Waals surface area contributed by atoms with Gasteiger partial charge in [0, 0.05) is 27.1 Å². The second-order valence-electron chi connectivity index (χ2n) is 18.2. The summed E-state index contributed by atoms with van der Waals surface area (Å²) in [6.45, 7) is 0. The minimum absolute atomic E-state index is 0.0193. The van der Waals surface area contributed by atoms with Gasteiger partial charge in [0.2, 0.25) is 11.9 Å². The molecule has 358 valence electrons. The summed E-state index contributed by atoms with van der Waals surface area (Å²) in [6, 6.07) is 45.9. The van der Waals surface area contributed by atoms with Crippen molar-refractivity contribution in [1.82, 2.24) is 24.1 Å². The number of hydrogen-bond acceptors (Lipinski definition) is 3. The Morgan fingerprint density at radius 2 is 0.618 bits per heavy atom. The minimum atomic E-state index is -5.02. The SMILES string of the molecule is [2H]c1c([2H])c([2H])c([Si](c2ccccc2)(c2ccccc2)c2c([2H])c(-c3nc(-n4c5ccccc5c5ccccc54)nc(-n4c5ccccc5c5c([2H])c([2H])c([2H])c([2H])c54)n3)c([2H])c([Si](c3ccccc3)(c3ccccc3)c3c([2H])c([2H])c([2H])c([2H])c3[2H])c2[2H])c([2H])c1[2H]. The highest BCUT2D eigenvalue weighted by Crippen LogP contribution is 2.34. The molecule has 3 heterocycles. The van der Waals surface area contributed by atoms with Gasteiger partial charge in [0.05, 0.1) is 45.4 Å². The Balaban J connectivity index is 1.30. The third-order valence-corrected chi connectivity index (χ3v) is 23.0. The van der Waals surface area contributed by atoms with Crippen LogP contribution in [0.4, 0.5) is 0 Å². The van der Waals surface area contributed by atoms with E-state index in [0.29, 0.717) is 42.7 Å². The molecule has 0 atom stereocenters. The molecule has 0 radical (unpaired) electrons. The maximum Gasteiger partial charge on any atom is 0.240 e. The summed E-state index contributed by atoms with van der Waals surface area (Å²) in [4.78, 5) is 15.9. The van der Waals surface area contributed by atoms with E-state index in [-0.39, 0.29) is 49.6 Å². The lowest BCUT2D eigenvalue weighted by Gasteiger charge is -2.38. The highest BCUT2D eigenvalue weighted by molar-refractivity contribution is 7.22. The quantitative estimate of drug-likeness (QED) is 0.0958. The van der Waals surface area contributed by atoms with Crippen LogP contribution in [0.25, 0.3) is 66.9 Å². The van der Waals surface area contributed by atoms with Gasteiger partial charge in [0.15, 0.2) is 22.0 Å². The molecule has 0 amide bonds. The summed E-state index contributed by atoms with van der Waals surface area (Å²) in [5, 5.41) is 2.49. The number of aromatic nitrogens is 5. The van der Waals surface area contributed by atoms with Crippen molar-refractivity contribution in [2.75, 3.05) is 0 Å². The molecule has 0 aliphatic heterocycles. The van der Waals surface area contributed by atoms with Gasteiger partial charge in [0.1, 0.15) is 0 Å². The van der Waals surface area contributed by atoms with Gasteiger partial charge in [-0.3, -0.25) is 9.13 Å². The maximum absolute atomic E-state index is 11.5. The molecule has 0 unspecified atom stereocenters. The molecule has 11 aromatic carbocycles. The van der Waals surface area contributed by atoms with Crippen LogP contribution in [-0.2, 0) is 0 Å². The standard InChI is InChI=1S/C69H49N5Si2/c1-7-27-51(28-8-1)75(52-29-9-2-10-30-52,53-31-11-3-12-32-53)57-47-50(48-58(49-57)76(54-33-13-4-14-34-54,55-35-15-5-16-36-55)56-37-17-6-18-38-56)67-70-68(73-63-43-23-19-39-59(63)60-40-20-24-44-64(60)73)72-69(71-67)74-65-45-25-21-41-61(65)62-42-22-26-46-66(62)74/h1-49H/i1D,4D,7D,8D,13D,14D,19D,23D,27D,28D,33D,34D,39D,43D,47D,48D,49D.